The Kier molecular flexibility index (Phi) is 4.70. The molecule has 0 aliphatic heterocycles. The molecule has 0 aliphatic rings. The van der Waals surface area contributed by atoms with Crippen LogP contribution in [0.4, 0.5) is 5.69 Å². The van der Waals surface area contributed by atoms with Gasteiger partial charge in [0.2, 0.25) is 0 Å². The third-order valence-electron chi connectivity index (χ3n) is 2.74. The van der Waals surface area contributed by atoms with Crippen molar-refractivity contribution < 1.29 is 9.32 Å². The normalized spacial score (nSPS) is 10.3. The molecule has 0 unspecified atom stereocenters. The van der Waals surface area contributed by atoms with Crippen molar-refractivity contribution >= 4 is 11.6 Å². The molecule has 6 heteroatoms. The molecule has 0 bridgehead atoms. The second-order valence-corrected chi connectivity index (χ2v) is 4.46. The average molecular weight is 274 g/mol. The van der Waals surface area contributed by atoms with Crippen molar-refractivity contribution in [2.75, 3.05) is 11.9 Å². The molecule has 1 amide bonds. The number of pyridine rings is 1. The first-order chi connectivity index (χ1) is 9.70. The number of aryl methyl sites for hydroxylation is 1. The summed E-state index contributed by atoms with van der Waals surface area (Å²) in [5, 5.41) is 9.85. The number of nitrogens with one attached hydrogen (secondary N) is 2. The van der Waals surface area contributed by atoms with E-state index in [9.17, 15) is 4.79 Å². The predicted octanol–water partition coefficient (Wildman–Crippen LogP) is 2.13. The number of aromatic nitrogens is 2. The lowest BCUT2D eigenvalue weighted by Crippen LogP contribution is -2.24. The largest absolute Gasteiger partial charge is 0.384 e. The molecule has 106 valence electrons. The molecule has 0 aliphatic carbocycles. The van der Waals surface area contributed by atoms with E-state index in [0.29, 0.717) is 17.8 Å². The number of hydrogen-bond acceptors (Lipinski definition) is 5. The fraction of sp³-hybridized carbons (Fsp3) is 0.357. The number of hydrogen-bond donors (Lipinski definition) is 2. The van der Waals surface area contributed by atoms with Crippen LogP contribution >= 0.6 is 0 Å². The lowest BCUT2D eigenvalue weighted by molar-refractivity contribution is 0.0950. The molecule has 0 spiro atoms. The quantitative estimate of drug-likeness (QED) is 0.843. The molecule has 2 aromatic heterocycles. The molecule has 6 nitrogen and oxygen atoms in total. The Morgan fingerprint density at radius 2 is 2.30 bits per heavy atom. The second-order valence-electron chi connectivity index (χ2n) is 4.46. The summed E-state index contributed by atoms with van der Waals surface area (Å²) in [6.45, 7) is 5.03. The zero-order valence-corrected chi connectivity index (χ0v) is 11.6. The Morgan fingerprint density at radius 1 is 1.45 bits per heavy atom. The van der Waals surface area contributed by atoms with E-state index in [1.54, 1.807) is 24.5 Å². The van der Waals surface area contributed by atoms with E-state index in [1.165, 1.54) is 0 Å². The highest BCUT2D eigenvalue weighted by molar-refractivity contribution is 5.99. The Hall–Kier alpha value is -2.37. The molecule has 0 saturated heterocycles. The van der Waals surface area contributed by atoms with Gasteiger partial charge in [0.05, 0.1) is 17.8 Å². The van der Waals surface area contributed by atoms with Gasteiger partial charge in [0.1, 0.15) is 11.5 Å². The Labute approximate surface area is 117 Å². The average Bonchev–Trinajstić information content (AvgIpc) is 2.88. The third kappa shape index (κ3) is 3.57. The molecule has 2 heterocycles. The molecule has 2 N–H and O–H groups in total. The first kappa shape index (κ1) is 14.0. The first-order valence-electron chi connectivity index (χ1n) is 6.59. The number of amides is 1. The van der Waals surface area contributed by atoms with Crippen LogP contribution in [0.2, 0.25) is 0 Å². The number of carbonyl (C=O) groups is 1. The van der Waals surface area contributed by atoms with Crippen molar-refractivity contribution in [2.45, 2.75) is 26.8 Å². The summed E-state index contributed by atoms with van der Waals surface area (Å²) in [4.78, 5) is 16.2. The number of nitrogens with zero attached hydrogens (tertiary/aromatic N) is 2. The van der Waals surface area contributed by atoms with Gasteiger partial charge in [-0.3, -0.25) is 9.78 Å². The highest BCUT2D eigenvalue weighted by Crippen LogP contribution is 2.13. The minimum absolute atomic E-state index is 0.183. The van der Waals surface area contributed by atoms with Crippen LogP contribution in [0.3, 0.4) is 0 Å². The van der Waals surface area contributed by atoms with Crippen LogP contribution in [0.25, 0.3) is 0 Å². The summed E-state index contributed by atoms with van der Waals surface area (Å²) in [5.41, 5.74) is 2.01. The molecule has 2 aromatic rings. The van der Waals surface area contributed by atoms with E-state index in [-0.39, 0.29) is 5.91 Å². The van der Waals surface area contributed by atoms with Crippen molar-refractivity contribution in [3.63, 3.8) is 0 Å². The van der Waals surface area contributed by atoms with Crippen molar-refractivity contribution in [3.8, 4) is 0 Å². The summed E-state index contributed by atoms with van der Waals surface area (Å²) in [6.07, 6.45) is 4.21. The van der Waals surface area contributed by atoms with Crippen LogP contribution in [0.1, 0.15) is 35.2 Å². The lowest BCUT2D eigenvalue weighted by atomic mass is 10.2. The molecule has 0 radical (unpaired) electrons. The standard InChI is InChI=1S/C14H18N4O2/c1-3-5-16-13-4-6-15-9-12(13)14(19)17-8-11-7-10(2)20-18-11/h4,6-7,9H,3,5,8H2,1-2H3,(H,15,16)(H,17,19). The van der Waals surface area contributed by atoms with Gasteiger partial charge in [-0.05, 0) is 19.4 Å². The minimum Gasteiger partial charge on any atom is -0.384 e. The fourth-order valence-corrected chi connectivity index (χ4v) is 1.76. The zero-order chi connectivity index (χ0) is 14.4. The van der Waals surface area contributed by atoms with Gasteiger partial charge in [0, 0.05) is 25.0 Å². The van der Waals surface area contributed by atoms with Crippen molar-refractivity contribution in [1.82, 2.24) is 15.5 Å². The van der Waals surface area contributed by atoms with E-state index in [4.69, 9.17) is 4.52 Å². The number of carbonyl (C=O) groups excluding carboxylic acids is 1. The maximum absolute atomic E-state index is 12.2. The van der Waals surface area contributed by atoms with Crippen LogP contribution < -0.4 is 10.6 Å². The van der Waals surface area contributed by atoms with Gasteiger partial charge in [0.25, 0.3) is 5.91 Å². The monoisotopic (exact) mass is 274 g/mol. The van der Waals surface area contributed by atoms with Gasteiger partial charge in [-0.1, -0.05) is 12.1 Å². The predicted molar refractivity (Wildman–Crippen MR) is 75.4 cm³/mol. The van der Waals surface area contributed by atoms with E-state index in [1.807, 2.05) is 6.92 Å². The molecular formula is C14H18N4O2. The van der Waals surface area contributed by atoms with Crippen LogP contribution in [-0.2, 0) is 6.54 Å². The van der Waals surface area contributed by atoms with E-state index in [0.717, 1.165) is 24.4 Å². The van der Waals surface area contributed by atoms with E-state index >= 15 is 0 Å². The second kappa shape index (κ2) is 6.70. The summed E-state index contributed by atoms with van der Waals surface area (Å²) in [5.74, 6) is 0.540. The smallest absolute Gasteiger partial charge is 0.255 e. The van der Waals surface area contributed by atoms with Crippen LogP contribution in [-0.4, -0.2) is 22.6 Å². The van der Waals surface area contributed by atoms with E-state index in [2.05, 4.69) is 27.7 Å². The van der Waals surface area contributed by atoms with Crippen LogP contribution in [0, 0.1) is 6.92 Å². The number of rotatable bonds is 6. The summed E-state index contributed by atoms with van der Waals surface area (Å²) < 4.78 is 4.95. The van der Waals surface area contributed by atoms with Crippen molar-refractivity contribution in [1.29, 1.82) is 0 Å². The summed E-state index contributed by atoms with van der Waals surface area (Å²) >= 11 is 0. The van der Waals surface area contributed by atoms with Gasteiger partial charge in [-0.15, -0.1) is 0 Å². The maximum atomic E-state index is 12.2. The fourth-order valence-electron chi connectivity index (χ4n) is 1.76. The SMILES string of the molecule is CCCNc1ccncc1C(=O)NCc1cc(C)on1. The molecular weight excluding hydrogens is 256 g/mol. The molecule has 2 rings (SSSR count). The highest BCUT2D eigenvalue weighted by atomic mass is 16.5. The van der Waals surface area contributed by atoms with Crippen molar-refractivity contribution in [2.24, 2.45) is 0 Å². The van der Waals surface area contributed by atoms with Gasteiger partial charge in [-0.25, -0.2) is 0 Å². The maximum Gasteiger partial charge on any atom is 0.255 e. The van der Waals surface area contributed by atoms with Crippen LogP contribution in [0.15, 0.2) is 29.0 Å². The van der Waals surface area contributed by atoms with Gasteiger partial charge in [0.15, 0.2) is 0 Å². The lowest BCUT2D eigenvalue weighted by Gasteiger charge is -2.10. The molecule has 0 aromatic carbocycles. The third-order valence-corrected chi connectivity index (χ3v) is 2.74. The van der Waals surface area contributed by atoms with E-state index < -0.39 is 0 Å². The van der Waals surface area contributed by atoms with Gasteiger partial charge >= 0.3 is 0 Å². The Morgan fingerprint density at radius 3 is 3.00 bits per heavy atom. The van der Waals surface area contributed by atoms with Gasteiger partial charge < -0.3 is 15.2 Å². The highest BCUT2D eigenvalue weighted by Gasteiger charge is 2.11. The summed E-state index contributed by atoms with van der Waals surface area (Å²) in [6, 6.07) is 3.59. The summed E-state index contributed by atoms with van der Waals surface area (Å²) in [7, 11) is 0. The van der Waals surface area contributed by atoms with Crippen LogP contribution in [0.5, 0.6) is 0 Å². The minimum atomic E-state index is -0.183. The van der Waals surface area contributed by atoms with Gasteiger partial charge in [-0.2, -0.15) is 0 Å². The van der Waals surface area contributed by atoms with Crippen molar-refractivity contribution in [3.05, 3.63) is 41.5 Å². The first-order valence-corrected chi connectivity index (χ1v) is 6.59. The molecule has 20 heavy (non-hydrogen) atoms. The number of anilines is 1. The molecule has 0 atom stereocenters. The topological polar surface area (TPSA) is 80.0 Å². The molecule has 0 fully saturated rings. The Balaban J connectivity index is 2.01. The Bertz CT molecular complexity index is 580. The zero-order valence-electron chi connectivity index (χ0n) is 11.6. The molecule has 0 saturated carbocycles.